The third-order valence-corrected chi connectivity index (χ3v) is 9.73. The second kappa shape index (κ2) is 11.4. The first-order valence-corrected chi connectivity index (χ1v) is 16.9. The fourth-order valence-electron chi connectivity index (χ4n) is 7.51. The molecule has 0 fully saturated rings. The van der Waals surface area contributed by atoms with Crippen LogP contribution in [0, 0.1) is 0 Å². The molecule has 0 N–H and O–H groups in total. The van der Waals surface area contributed by atoms with Crippen molar-refractivity contribution in [3.8, 4) is 45.3 Å². The van der Waals surface area contributed by atoms with Crippen LogP contribution in [0.25, 0.3) is 88.9 Å². The standard InChI is InChI=1S/C46H30N4/c1-4-15-31(16-5-1)40-30-41(48-46(47-40)32-17-6-2-7-18-32)38-24-14-23-37-39-29-34(27-28-44(39)50(45(37)38)33-19-8-3-9-20-33)49-42-25-12-10-21-35(42)36-22-11-13-26-43(36)49/h1-30H. The van der Waals surface area contributed by atoms with E-state index >= 15 is 0 Å². The number of hydrogen-bond donors (Lipinski definition) is 0. The predicted molar refractivity (Wildman–Crippen MR) is 207 cm³/mol. The summed E-state index contributed by atoms with van der Waals surface area (Å²) in [4.78, 5) is 10.3. The van der Waals surface area contributed by atoms with Gasteiger partial charge in [-0.3, -0.25) is 0 Å². The Balaban J connectivity index is 1.28. The Morgan fingerprint density at radius 3 is 1.60 bits per heavy atom. The van der Waals surface area contributed by atoms with Gasteiger partial charge in [-0.15, -0.1) is 0 Å². The maximum Gasteiger partial charge on any atom is 0.160 e. The predicted octanol–water partition coefficient (Wildman–Crippen LogP) is 11.7. The molecule has 0 atom stereocenters. The van der Waals surface area contributed by atoms with Crippen molar-refractivity contribution in [2.24, 2.45) is 0 Å². The molecule has 0 spiro atoms. The van der Waals surface area contributed by atoms with Crippen LogP contribution in [0.5, 0.6) is 0 Å². The van der Waals surface area contributed by atoms with Crippen LogP contribution in [0.1, 0.15) is 0 Å². The van der Waals surface area contributed by atoms with E-state index < -0.39 is 0 Å². The second-order valence-electron chi connectivity index (χ2n) is 12.6. The number of benzene rings is 7. The first kappa shape index (κ1) is 28.3. The molecule has 0 amide bonds. The van der Waals surface area contributed by atoms with Gasteiger partial charge in [0.05, 0.1) is 33.5 Å². The minimum absolute atomic E-state index is 0.704. The van der Waals surface area contributed by atoms with Crippen LogP contribution in [0.4, 0.5) is 0 Å². The highest BCUT2D eigenvalue weighted by Crippen LogP contribution is 2.41. The second-order valence-corrected chi connectivity index (χ2v) is 12.6. The molecule has 4 nitrogen and oxygen atoms in total. The number of rotatable bonds is 5. The molecule has 50 heavy (non-hydrogen) atoms. The molecule has 3 heterocycles. The number of para-hydroxylation sites is 4. The smallest absolute Gasteiger partial charge is 0.160 e. The van der Waals surface area contributed by atoms with Crippen LogP contribution in [0.15, 0.2) is 182 Å². The van der Waals surface area contributed by atoms with Gasteiger partial charge in [0.25, 0.3) is 0 Å². The molecule has 0 aliphatic carbocycles. The molecule has 234 valence electrons. The molecule has 0 bridgehead atoms. The van der Waals surface area contributed by atoms with Crippen molar-refractivity contribution in [2.75, 3.05) is 0 Å². The number of aromatic nitrogens is 4. The molecule has 4 heteroatoms. The summed E-state index contributed by atoms with van der Waals surface area (Å²) in [5.74, 6) is 0.704. The van der Waals surface area contributed by atoms with E-state index in [4.69, 9.17) is 9.97 Å². The lowest BCUT2D eigenvalue weighted by Gasteiger charge is -2.13. The van der Waals surface area contributed by atoms with Crippen LogP contribution in [-0.2, 0) is 0 Å². The van der Waals surface area contributed by atoms with E-state index in [-0.39, 0.29) is 0 Å². The fourth-order valence-corrected chi connectivity index (χ4v) is 7.51. The first-order valence-electron chi connectivity index (χ1n) is 16.9. The van der Waals surface area contributed by atoms with Crippen molar-refractivity contribution in [1.29, 1.82) is 0 Å². The van der Waals surface area contributed by atoms with Crippen LogP contribution < -0.4 is 0 Å². The molecule has 3 aromatic heterocycles. The molecule has 10 aromatic rings. The lowest BCUT2D eigenvalue weighted by molar-refractivity contribution is 1.16. The normalized spacial score (nSPS) is 11.6. The maximum absolute atomic E-state index is 5.25. The average Bonchev–Trinajstić information content (AvgIpc) is 3.71. The van der Waals surface area contributed by atoms with Gasteiger partial charge in [-0.05, 0) is 48.5 Å². The summed E-state index contributed by atoms with van der Waals surface area (Å²) >= 11 is 0. The Morgan fingerprint density at radius 2 is 0.900 bits per heavy atom. The third kappa shape index (κ3) is 4.46. The maximum atomic E-state index is 5.25. The first-order chi connectivity index (χ1) is 24.8. The zero-order chi connectivity index (χ0) is 33.0. The van der Waals surface area contributed by atoms with Crippen molar-refractivity contribution >= 4 is 43.6 Å². The van der Waals surface area contributed by atoms with Gasteiger partial charge in [0.15, 0.2) is 5.82 Å². The van der Waals surface area contributed by atoms with E-state index in [1.165, 1.54) is 32.6 Å². The van der Waals surface area contributed by atoms with E-state index in [1.807, 2.05) is 24.3 Å². The summed E-state index contributed by atoms with van der Waals surface area (Å²) in [5, 5.41) is 4.87. The van der Waals surface area contributed by atoms with Gasteiger partial charge in [0.2, 0.25) is 0 Å². The minimum atomic E-state index is 0.704. The summed E-state index contributed by atoms with van der Waals surface area (Å²) in [6.45, 7) is 0. The van der Waals surface area contributed by atoms with Crippen molar-refractivity contribution in [3.63, 3.8) is 0 Å². The summed E-state index contributed by atoms with van der Waals surface area (Å²) in [5.41, 5.74) is 11.8. The highest BCUT2D eigenvalue weighted by Gasteiger charge is 2.20. The lowest BCUT2D eigenvalue weighted by Crippen LogP contribution is -1.99. The molecule has 0 radical (unpaired) electrons. The largest absolute Gasteiger partial charge is 0.309 e. The van der Waals surface area contributed by atoms with Gasteiger partial charge in [0.1, 0.15) is 0 Å². The van der Waals surface area contributed by atoms with Crippen molar-refractivity contribution in [1.82, 2.24) is 19.1 Å². The zero-order valence-electron chi connectivity index (χ0n) is 27.1. The van der Waals surface area contributed by atoms with Gasteiger partial charge in [-0.25, -0.2) is 9.97 Å². The van der Waals surface area contributed by atoms with Crippen molar-refractivity contribution in [2.45, 2.75) is 0 Å². The van der Waals surface area contributed by atoms with Gasteiger partial charge in [0, 0.05) is 49.6 Å². The van der Waals surface area contributed by atoms with Crippen molar-refractivity contribution < 1.29 is 0 Å². The summed E-state index contributed by atoms with van der Waals surface area (Å²) in [6, 6.07) is 64.2. The van der Waals surface area contributed by atoms with E-state index in [9.17, 15) is 0 Å². The van der Waals surface area contributed by atoms with E-state index in [0.717, 1.165) is 50.5 Å². The highest BCUT2D eigenvalue weighted by molar-refractivity contribution is 6.15. The molecule has 0 unspecified atom stereocenters. The third-order valence-electron chi connectivity index (χ3n) is 9.73. The number of fused-ring (bicyclic) bond motifs is 6. The Morgan fingerprint density at radius 1 is 0.340 bits per heavy atom. The molecule has 0 aliphatic heterocycles. The van der Waals surface area contributed by atoms with E-state index in [0.29, 0.717) is 5.82 Å². The monoisotopic (exact) mass is 638 g/mol. The quantitative estimate of drug-likeness (QED) is 0.188. The van der Waals surface area contributed by atoms with E-state index in [1.54, 1.807) is 0 Å². The minimum Gasteiger partial charge on any atom is -0.309 e. The molecular formula is C46H30N4. The Kier molecular flexibility index (Phi) is 6.46. The average molecular weight is 639 g/mol. The van der Waals surface area contributed by atoms with Gasteiger partial charge < -0.3 is 9.13 Å². The Hall–Kier alpha value is -6.78. The van der Waals surface area contributed by atoms with Gasteiger partial charge in [-0.2, -0.15) is 0 Å². The van der Waals surface area contributed by atoms with Crippen molar-refractivity contribution in [3.05, 3.63) is 182 Å². The van der Waals surface area contributed by atoms with E-state index in [2.05, 4.69) is 167 Å². The van der Waals surface area contributed by atoms with Crippen LogP contribution in [0.3, 0.4) is 0 Å². The molecule has 0 saturated carbocycles. The summed E-state index contributed by atoms with van der Waals surface area (Å²) in [6.07, 6.45) is 0. The molecule has 10 rings (SSSR count). The topological polar surface area (TPSA) is 35.6 Å². The van der Waals surface area contributed by atoms with Gasteiger partial charge in [-0.1, -0.05) is 133 Å². The molecule has 0 aliphatic rings. The fraction of sp³-hybridized carbons (Fsp3) is 0. The molecule has 7 aromatic carbocycles. The van der Waals surface area contributed by atoms with Gasteiger partial charge >= 0.3 is 0 Å². The number of nitrogens with zero attached hydrogens (tertiary/aromatic N) is 4. The van der Waals surface area contributed by atoms with Crippen LogP contribution in [-0.4, -0.2) is 19.1 Å². The Labute approximate surface area is 289 Å². The number of hydrogen-bond acceptors (Lipinski definition) is 2. The molecular weight excluding hydrogens is 609 g/mol. The summed E-state index contributed by atoms with van der Waals surface area (Å²) in [7, 11) is 0. The lowest BCUT2D eigenvalue weighted by atomic mass is 10.0. The summed E-state index contributed by atoms with van der Waals surface area (Å²) < 4.78 is 4.78. The van der Waals surface area contributed by atoms with Crippen LogP contribution in [0.2, 0.25) is 0 Å². The SMILES string of the molecule is c1ccc(-c2cc(-c3cccc4c5cc(-n6c7ccccc7c7ccccc76)ccc5n(-c5ccccc5)c34)nc(-c3ccccc3)n2)cc1. The van der Waals surface area contributed by atoms with Crippen LogP contribution >= 0.6 is 0 Å². The zero-order valence-corrected chi connectivity index (χ0v) is 27.1. The molecule has 0 saturated heterocycles. The highest BCUT2D eigenvalue weighted by atomic mass is 15.0. The Bertz CT molecular complexity index is 2740.